The molecule has 0 aliphatic heterocycles. The van der Waals surface area contributed by atoms with E-state index in [4.69, 9.17) is 13.9 Å². The van der Waals surface area contributed by atoms with Gasteiger partial charge in [0.2, 0.25) is 0 Å². The Kier molecular flexibility index (Phi) is 5.71. The molecule has 18 heavy (non-hydrogen) atoms. The third kappa shape index (κ3) is 5.21. The van der Waals surface area contributed by atoms with Gasteiger partial charge in [0.1, 0.15) is 18.1 Å². The maximum absolute atomic E-state index is 5.66. The molecule has 1 aromatic heterocycles. The lowest BCUT2D eigenvalue weighted by Gasteiger charge is -2.03. The van der Waals surface area contributed by atoms with Crippen LogP contribution in [0.25, 0.3) is 0 Å². The van der Waals surface area contributed by atoms with E-state index >= 15 is 0 Å². The van der Waals surface area contributed by atoms with Gasteiger partial charge >= 0.3 is 0 Å². The van der Waals surface area contributed by atoms with E-state index in [0.717, 1.165) is 31.1 Å². The van der Waals surface area contributed by atoms with Gasteiger partial charge in [-0.05, 0) is 31.4 Å². The highest BCUT2D eigenvalue weighted by molar-refractivity contribution is 5.06. The summed E-state index contributed by atoms with van der Waals surface area (Å²) in [5.41, 5.74) is 0. The van der Waals surface area contributed by atoms with Gasteiger partial charge in [0.15, 0.2) is 0 Å². The van der Waals surface area contributed by atoms with Gasteiger partial charge in [-0.25, -0.2) is 0 Å². The van der Waals surface area contributed by atoms with Gasteiger partial charge in [-0.2, -0.15) is 0 Å². The maximum Gasteiger partial charge on any atom is 0.129 e. The standard InChI is InChI=1S/C14H23NO3/c1-2-7-16-8-9-17-11-14-6-5-13(18-14)10-15-12-3-4-12/h5-6,12,15H,2-4,7-11H2,1H3. The molecule has 4 heteroatoms. The zero-order valence-corrected chi connectivity index (χ0v) is 11.1. The van der Waals surface area contributed by atoms with E-state index in [-0.39, 0.29) is 0 Å². The Balaban J connectivity index is 1.54. The van der Waals surface area contributed by atoms with Crippen LogP contribution in [0.1, 0.15) is 37.7 Å². The summed E-state index contributed by atoms with van der Waals surface area (Å²) in [4.78, 5) is 0. The topological polar surface area (TPSA) is 43.6 Å². The van der Waals surface area contributed by atoms with Crippen molar-refractivity contribution in [2.45, 2.75) is 45.4 Å². The molecule has 0 amide bonds. The van der Waals surface area contributed by atoms with Gasteiger partial charge in [0.05, 0.1) is 19.8 Å². The number of hydrogen-bond donors (Lipinski definition) is 1. The summed E-state index contributed by atoms with van der Waals surface area (Å²) in [5, 5.41) is 3.42. The average Bonchev–Trinajstić information content (AvgIpc) is 3.11. The molecule has 1 fully saturated rings. The Labute approximate surface area is 109 Å². The lowest BCUT2D eigenvalue weighted by molar-refractivity contribution is 0.0347. The van der Waals surface area contributed by atoms with Gasteiger partial charge in [-0.15, -0.1) is 0 Å². The van der Waals surface area contributed by atoms with Crippen LogP contribution in [0.5, 0.6) is 0 Å². The highest BCUT2D eigenvalue weighted by Gasteiger charge is 2.20. The van der Waals surface area contributed by atoms with E-state index in [2.05, 4.69) is 12.2 Å². The molecule has 1 saturated carbocycles. The number of hydrogen-bond acceptors (Lipinski definition) is 4. The summed E-state index contributed by atoms with van der Waals surface area (Å²) >= 11 is 0. The van der Waals surface area contributed by atoms with Crippen molar-refractivity contribution in [3.05, 3.63) is 23.7 Å². The summed E-state index contributed by atoms with van der Waals surface area (Å²) < 4.78 is 16.5. The molecule has 0 spiro atoms. The van der Waals surface area contributed by atoms with Crippen molar-refractivity contribution in [1.29, 1.82) is 0 Å². The largest absolute Gasteiger partial charge is 0.462 e. The van der Waals surface area contributed by atoms with Crippen LogP contribution in [0, 0.1) is 0 Å². The van der Waals surface area contributed by atoms with Crippen molar-refractivity contribution in [3.63, 3.8) is 0 Å². The van der Waals surface area contributed by atoms with Crippen LogP contribution in [0.3, 0.4) is 0 Å². The molecule has 1 aliphatic rings. The van der Waals surface area contributed by atoms with Crippen molar-refractivity contribution in [1.82, 2.24) is 5.32 Å². The van der Waals surface area contributed by atoms with Gasteiger partial charge in [0.25, 0.3) is 0 Å². The average molecular weight is 253 g/mol. The minimum absolute atomic E-state index is 0.527. The SMILES string of the molecule is CCCOCCOCc1ccc(CNC2CC2)o1. The third-order valence-corrected chi connectivity index (χ3v) is 2.82. The molecule has 1 aromatic rings. The molecule has 1 heterocycles. The molecular formula is C14H23NO3. The molecule has 102 valence electrons. The van der Waals surface area contributed by atoms with Crippen molar-refractivity contribution in [2.75, 3.05) is 19.8 Å². The summed E-state index contributed by atoms with van der Waals surface area (Å²) in [6, 6.07) is 4.71. The second kappa shape index (κ2) is 7.56. The lowest BCUT2D eigenvalue weighted by atomic mass is 10.4. The molecule has 0 bridgehead atoms. The van der Waals surface area contributed by atoms with Crippen LogP contribution in [0.4, 0.5) is 0 Å². The number of ether oxygens (including phenoxy) is 2. The predicted octanol–water partition coefficient (Wildman–Crippen LogP) is 2.47. The van der Waals surface area contributed by atoms with Crippen LogP contribution >= 0.6 is 0 Å². The van der Waals surface area contributed by atoms with E-state index in [1.165, 1.54) is 12.8 Å². The number of rotatable bonds is 10. The Morgan fingerprint density at radius 3 is 2.72 bits per heavy atom. The van der Waals surface area contributed by atoms with E-state index in [1.54, 1.807) is 0 Å². The van der Waals surface area contributed by atoms with Gasteiger partial charge in [-0.3, -0.25) is 0 Å². The monoisotopic (exact) mass is 253 g/mol. The van der Waals surface area contributed by atoms with Crippen LogP contribution in [0.2, 0.25) is 0 Å². The molecule has 0 aromatic carbocycles. The van der Waals surface area contributed by atoms with Gasteiger partial charge in [-0.1, -0.05) is 6.92 Å². The first-order valence-electron chi connectivity index (χ1n) is 6.85. The molecule has 0 atom stereocenters. The number of nitrogens with one attached hydrogen (secondary N) is 1. The normalized spacial score (nSPS) is 15.2. The second-order valence-electron chi connectivity index (χ2n) is 4.69. The molecule has 2 rings (SSSR count). The van der Waals surface area contributed by atoms with Crippen molar-refractivity contribution < 1.29 is 13.9 Å². The summed E-state index contributed by atoms with van der Waals surface area (Å²) in [6.07, 6.45) is 3.65. The zero-order chi connectivity index (χ0) is 12.6. The molecule has 1 N–H and O–H groups in total. The third-order valence-electron chi connectivity index (χ3n) is 2.82. The molecule has 4 nitrogen and oxygen atoms in total. The van der Waals surface area contributed by atoms with Crippen LogP contribution in [0.15, 0.2) is 16.5 Å². The first kappa shape index (κ1) is 13.6. The lowest BCUT2D eigenvalue weighted by Crippen LogP contribution is -2.14. The first-order chi connectivity index (χ1) is 8.88. The Morgan fingerprint density at radius 2 is 1.94 bits per heavy atom. The summed E-state index contributed by atoms with van der Waals surface area (Å²) in [6.45, 7) is 5.53. The number of furan rings is 1. The smallest absolute Gasteiger partial charge is 0.129 e. The highest BCUT2D eigenvalue weighted by Crippen LogP contribution is 2.19. The van der Waals surface area contributed by atoms with Gasteiger partial charge in [0, 0.05) is 12.6 Å². The van der Waals surface area contributed by atoms with Crippen molar-refractivity contribution in [3.8, 4) is 0 Å². The van der Waals surface area contributed by atoms with Crippen LogP contribution in [-0.2, 0) is 22.6 Å². The Morgan fingerprint density at radius 1 is 1.17 bits per heavy atom. The fourth-order valence-electron chi connectivity index (χ4n) is 1.66. The van der Waals surface area contributed by atoms with Crippen LogP contribution in [-0.4, -0.2) is 25.9 Å². The minimum Gasteiger partial charge on any atom is -0.462 e. The van der Waals surface area contributed by atoms with E-state index in [0.29, 0.717) is 25.9 Å². The van der Waals surface area contributed by atoms with Crippen LogP contribution < -0.4 is 5.32 Å². The highest BCUT2D eigenvalue weighted by atomic mass is 16.5. The molecule has 0 radical (unpaired) electrons. The second-order valence-corrected chi connectivity index (χ2v) is 4.69. The van der Waals surface area contributed by atoms with Crippen molar-refractivity contribution in [2.24, 2.45) is 0 Å². The molecule has 0 unspecified atom stereocenters. The maximum atomic E-state index is 5.66. The fourth-order valence-corrected chi connectivity index (χ4v) is 1.66. The minimum atomic E-state index is 0.527. The van der Waals surface area contributed by atoms with E-state index in [9.17, 15) is 0 Å². The van der Waals surface area contributed by atoms with Crippen molar-refractivity contribution >= 4 is 0 Å². The first-order valence-corrected chi connectivity index (χ1v) is 6.85. The molecule has 0 saturated heterocycles. The Bertz CT molecular complexity index is 334. The quantitative estimate of drug-likeness (QED) is 0.651. The van der Waals surface area contributed by atoms with E-state index in [1.807, 2.05) is 12.1 Å². The predicted molar refractivity (Wildman–Crippen MR) is 69.3 cm³/mol. The fraction of sp³-hybridized carbons (Fsp3) is 0.714. The Hall–Kier alpha value is -0.840. The molecular weight excluding hydrogens is 230 g/mol. The zero-order valence-electron chi connectivity index (χ0n) is 11.1. The van der Waals surface area contributed by atoms with Gasteiger partial charge < -0.3 is 19.2 Å². The summed E-state index contributed by atoms with van der Waals surface area (Å²) in [7, 11) is 0. The molecule has 1 aliphatic carbocycles. The van der Waals surface area contributed by atoms with E-state index < -0.39 is 0 Å². The summed E-state index contributed by atoms with van der Waals surface area (Å²) in [5.74, 6) is 1.88.